The quantitative estimate of drug-likeness (QED) is 0.547. The van der Waals surface area contributed by atoms with Crippen LogP contribution in [0.1, 0.15) is 0 Å². The van der Waals surface area contributed by atoms with E-state index in [1.165, 1.54) is 6.33 Å². The van der Waals surface area contributed by atoms with Gasteiger partial charge in [0, 0.05) is 11.6 Å². The Morgan fingerprint density at radius 3 is 3.07 bits per heavy atom. The lowest BCUT2D eigenvalue weighted by molar-refractivity contribution is 0.145. The van der Waals surface area contributed by atoms with Crippen molar-refractivity contribution >= 4 is 17.1 Å². The number of carbonyl (C=O) groups is 1. The van der Waals surface area contributed by atoms with E-state index in [0.29, 0.717) is 5.52 Å². The van der Waals surface area contributed by atoms with Crippen molar-refractivity contribution in [2.75, 3.05) is 0 Å². The summed E-state index contributed by atoms with van der Waals surface area (Å²) in [4.78, 5) is 18.1. The Labute approximate surface area is 79.0 Å². The number of aromatic nitrogens is 2. The Morgan fingerprint density at radius 1 is 1.43 bits per heavy atom. The fourth-order valence-electron chi connectivity index (χ4n) is 1.16. The van der Waals surface area contributed by atoms with Gasteiger partial charge in [-0.15, -0.1) is 0 Å². The Kier molecular flexibility index (Phi) is 1.98. The summed E-state index contributed by atoms with van der Waals surface area (Å²) in [5.74, 6) is 0.220. The zero-order chi connectivity index (χ0) is 9.97. The van der Waals surface area contributed by atoms with Gasteiger partial charge in [0.25, 0.3) is 0 Å². The van der Waals surface area contributed by atoms with E-state index >= 15 is 0 Å². The van der Waals surface area contributed by atoms with Crippen molar-refractivity contribution in [1.29, 1.82) is 0 Å². The minimum Gasteiger partial charge on any atom is -0.449 e. The monoisotopic (exact) mass is 190 g/mol. The highest BCUT2D eigenvalue weighted by Gasteiger charge is 2.06. The predicted octanol–water partition coefficient (Wildman–Crippen LogP) is 1.69. The van der Waals surface area contributed by atoms with Gasteiger partial charge >= 0.3 is 6.16 Å². The molecular formula is C9H6N2O3. The number of nitrogens with zero attached hydrogens (tertiary/aromatic N) is 2. The lowest BCUT2D eigenvalue weighted by Crippen LogP contribution is -2.03. The molecule has 0 bridgehead atoms. The van der Waals surface area contributed by atoms with Crippen LogP contribution in [0.25, 0.3) is 10.9 Å². The predicted molar refractivity (Wildman–Crippen MR) is 48.2 cm³/mol. The minimum atomic E-state index is -1.35. The van der Waals surface area contributed by atoms with Gasteiger partial charge in [0.15, 0.2) is 5.75 Å². The zero-order valence-electron chi connectivity index (χ0n) is 7.04. The number of para-hydroxylation sites is 1. The van der Waals surface area contributed by atoms with Crippen molar-refractivity contribution in [3.8, 4) is 5.75 Å². The number of fused-ring (bicyclic) bond motifs is 1. The molecule has 1 heterocycles. The normalized spacial score (nSPS) is 10.0. The van der Waals surface area contributed by atoms with Crippen LogP contribution < -0.4 is 4.74 Å². The molecule has 0 aliphatic carbocycles. The summed E-state index contributed by atoms with van der Waals surface area (Å²) in [6.45, 7) is 0. The molecule has 0 unspecified atom stereocenters. The zero-order valence-corrected chi connectivity index (χ0v) is 7.04. The first-order chi connectivity index (χ1) is 6.77. The highest BCUT2D eigenvalue weighted by atomic mass is 16.7. The number of benzene rings is 1. The summed E-state index contributed by atoms with van der Waals surface area (Å²) in [5, 5.41) is 9.20. The molecule has 0 radical (unpaired) electrons. The van der Waals surface area contributed by atoms with Crippen LogP contribution in [0.3, 0.4) is 0 Å². The third-order valence-corrected chi connectivity index (χ3v) is 1.69. The van der Waals surface area contributed by atoms with Crippen LogP contribution in [-0.4, -0.2) is 21.2 Å². The molecule has 0 saturated heterocycles. The second kappa shape index (κ2) is 3.29. The largest absolute Gasteiger partial charge is 0.511 e. The average Bonchev–Trinajstić information content (AvgIpc) is 2.18. The molecule has 0 saturated carbocycles. The van der Waals surface area contributed by atoms with Crippen LogP contribution in [0.5, 0.6) is 5.75 Å². The Hall–Kier alpha value is -2.17. The van der Waals surface area contributed by atoms with Crippen molar-refractivity contribution in [2.45, 2.75) is 0 Å². The molecule has 0 amide bonds. The van der Waals surface area contributed by atoms with Gasteiger partial charge in [-0.2, -0.15) is 0 Å². The van der Waals surface area contributed by atoms with Gasteiger partial charge in [0.05, 0.1) is 0 Å². The molecule has 5 heteroatoms. The maximum absolute atomic E-state index is 10.3. The number of rotatable bonds is 1. The molecule has 0 aliphatic heterocycles. The van der Waals surface area contributed by atoms with Crippen LogP contribution in [-0.2, 0) is 0 Å². The van der Waals surface area contributed by atoms with Crippen LogP contribution in [0.2, 0.25) is 0 Å². The molecule has 0 spiro atoms. The summed E-state index contributed by atoms with van der Waals surface area (Å²) >= 11 is 0. The van der Waals surface area contributed by atoms with Gasteiger partial charge in [-0.3, -0.25) is 0 Å². The van der Waals surface area contributed by atoms with Crippen molar-refractivity contribution in [1.82, 2.24) is 9.97 Å². The second-order valence-electron chi connectivity index (χ2n) is 2.58. The summed E-state index contributed by atoms with van der Waals surface area (Å²) in [6, 6.07) is 5.01. The van der Waals surface area contributed by atoms with Crippen molar-refractivity contribution in [3.05, 3.63) is 30.7 Å². The first kappa shape index (κ1) is 8.43. The van der Waals surface area contributed by atoms with E-state index in [9.17, 15) is 4.79 Å². The van der Waals surface area contributed by atoms with E-state index < -0.39 is 6.16 Å². The summed E-state index contributed by atoms with van der Waals surface area (Å²) in [6.07, 6.45) is 1.59. The Morgan fingerprint density at radius 2 is 2.29 bits per heavy atom. The van der Waals surface area contributed by atoms with Crippen molar-refractivity contribution < 1.29 is 14.6 Å². The van der Waals surface area contributed by atoms with Crippen molar-refractivity contribution in [2.24, 2.45) is 0 Å². The topological polar surface area (TPSA) is 72.3 Å². The van der Waals surface area contributed by atoms with Crippen molar-refractivity contribution in [3.63, 3.8) is 0 Å². The highest BCUT2D eigenvalue weighted by Crippen LogP contribution is 2.22. The summed E-state index contributed by atoms with van der Waals surface area (Å²) in [7, 11) is 0. The standard InChI is InChI=1S/C9H6N2O3/c12-9(13)14-7-3-1-2-6-4-10-5-11-8(6)7/h1-5H,(H,12,13). The van der Waals surface area contributed by atoms with E-state index in [4.69, 9.17) is 5.11 Å². The first-order valence-corrected chi connectivity index (χ1v) is 3.87. The molecule has 0 fully saturated rings. The van der Waals surface area contributed by atoms with E-state index in [-0.39, 0.29) is 5.75 Å². The molecule has 1 N–H and O–H groups in total. The number of hydrogen-bond acceptors (Lipinski definition) is 4. The third kappa shape index (κ3) is 1.47. The van der Waals surface area contributed by atoms with Gasteiger partial charge in [-0.25, -0.2) is 14.8 Å². The molecule has 0 atom stereocenters. The number of ether oxygens (including phenoxy) is 1. The van der Waals surface area contributed by atoms with Gasteiger partial charge in [-0.05, 0) is 6.07 Å². The fraction of sp³-hybridized carbons (Fsp3) is 0. The van der Waals surface area contributed by atoms with Crippen LogP contribution in [0.4, 0.5) is 4.79 Å². The van der Waals surface area contributed by atoms with Crippen LogP contribution >= 0.6 is 0 Å². The number of carboxylic acid groups (broad SMARTS) is 1. The maximum atomic E-state index is 10.3. The van der Waals surface area contributed by atoms with Gasteiger partial charge < -0.3 is 9.84 Å². The van der Waals surface area contributed by atoms with E-state index in [1.807, 2.05) is 0 Å². The van der Waals surface area contributed by atoms with Gasteiger partial charge in [0.2, 0.25) is 0 Å². The number of hydrogen-bond donors (Lipinski definition) is 1. The van der Waals surface area contributed by atoms with Crippen LogP contribution in [0, 0.1) is 0 Å². The third-order valence-electron chi connectivity index (χ3n) is 1.69. The Bertz CT molecular complexity index is 479. The molecule has 2 rings (SSSR count). The molecule has 1 aromatic carbocycles. The molecule has 0 aliphatic rings. The van der Waals surface area contributed by atoms with Gasteiger partial charge in [-0.1, -0.05) is 12.1 Å². The molecular weight excluding hydrogens is 184 g/mol. The molecule has 14 heavy (non-hydrogen) atoms. The summed E-state index contributed by atoms with van der Waals surface area (Å²) < 4.78 is 4.55. The molecule has 2 aromatic rings. The lowest BCUT2D eigenvalue weighted by Gasteiger charge is -2.02. The first-order valence-electron chi connectivity index (χ1n) is 3.87. The molecule has 70 valence electrons. The lowest BCUT2D eigenvalue weighted by atomic mass is 10.2. The SMILES string of the molecule is O=C(O)Oc1cccc2cncnc12. The smallest absolute Gasteiger partial charge is 0.449 e. The van der Waals surface area contributed by atoms with Crippen LogP contribution in [0.15, 0.2) is 30.7 Å². The fourth-order valence-corrected chi connectivity index (χ4v) is 1.16. The Balaban J connectivity index is 2.59. The maximum Gasteiger partial charge on any atom is 0.511 e. The molecule has 1 aromatic heterocycles. The highest BCUT2D eigenvalue weighted by molar-refractivity contribution is 5.85. The minimum absolute atomic E-state index is 0.220. The average molecular weight is 190 g/mol. The van der Waals surface area contributed by atoms with Gasteiger partial charge in [0.1, 0.15) is 11.8 Å². The summed E-state index contributed by atoms with van der Waals surface area (Å²) in [5.41, 5.74) is 0.491. The molecule has 5 nitrogen and oxygen atoms in total. The van der Waals surface area contributed by atoms with E-state index in [2.05, 4.69) is 14.7 Å². The second-order valence-corrected chi connectivity index (χ2v) is 2.58. The van der Waals surface area contributed by atoms with E-state index in [0.717, 1.165) is 5.39 Å². The van der Waals surface area contributed by atoms with E-state index in [1.54, 1.807) is 24.4 Å².